The smallest absolute Gasteiger partial charge is 0.328 e. The van der Waals surface area contributed by atoms with Gasteiger partial charge in [-0.3, -0.25) is 0 Å². The van der Waals surface area contributed by atoms with Crippen molar-refractivity contribution < 1.29 is 9.53 Å². The first-order valence-electron chi connectivity index (χ1n) is 6.10. The van der Waals surface area contributed by atoms with E-state index in [-0.39, 0.29) is 12.0 Å². The molecule has 0 amide bonds. The summed E-state index contributed by atoms with van der Waals surface area (Å²) in [5, 5.41) is 0. The van der Waals surface area contributed by atoms with Crippen LogP contribution in [0.2, 0.25) is 4.34 Å². The van der Waals surface area contributed by atoms with Crippen molar-refractivity contribution in [2.24, 2.45) is 0 Å². The van der Waals surface area contributed by atoms with Crippen LogP contribution in [0.15, 0.2) is 18.3 Å². The summed E-state index contributed by atoms with van der Waals surface area (Å²) in [5.74, 6) is 0.602. The summed E-state index contributed by atoms with van der Waals surface area (Å²) in [4.78, 5) is 17.4. The fourth-order valence-electron chi connectivity index (χ4n) is 2.51. The summed E-state index contributed by atoms with van der Waals surface area (Å²) in [6, 6.07) is 3.51. The Morgan fingerprint density at radius 1 is 1.58 bits per heavy atom. The molecule has 3 rings (SSSR count). The lowest BCUT2D eigenvalue weighted by atomic mass is 10.0. The summed E-state index contributed by atoms with van der Waals surface area (Å²) >= 11 is 7.45. The zero-order valence-electron chi connectivity index (χ0n) is 10.4. The number of esters is 1. The molecule has 2 aromatic heterocycles. The van der Waals surface area contributed by atoms with Crippen LogP contribution in [-0.2, 0) is 16.0 Å². The van der Waals surface area contributed by atoms with Crippen molar-refractivity contribution in [2.75, 3.05) is 7.11 Å². The summed E-state index contributed by atoms with van der Waals surface area (Å²) in [5.41, 5.74) is 1.08. The number of rotatable bonds is 2. The number of halogens is 1. The van der Waals surface area contributed by atoms with Gasteiger partial charge in [0.1, 0.15) is 6.04 Å². The monoisotopic (exact) mass is 296 g/mol. The third-order valence-corrected chi connectivity index (χ3v) is 4.59. The van der Waals surface area contributed by atoms with E-state index in [0.29, 0.717) is 0 Å². The fourth-order valence-corrected chi connectivity index (χ4v) is 3.55. The number of fused-ring (bicyclic) bond motifs is 1. The summed E-state index contributed by atoms with van der Waals surface area (Å²) in [6.45, 7) is 0. The van der Waals surface area contributed by atoms with Gasteiger partial charge in [0.05, 0.1) is 16.3 Å². The first-order valence-corrected chi connectivity index (χ1v) is 7.30. The molecule has 0 saturated heterocycles. The minimum Gasteiger partial charge on any atom is -0.467 e. The molecule has 0 bridgehead atoms. The number of carbonyl (C=O) groups excluding carboxylic acids is 1. The van der Waals surface area contributed by atoms with Crippen molar-refractivity contribution in [1.29, 1.82) is 0 Å². The molecule has 2 aromatic rings. The normalized spacial score (nSPS) is 18.1. The maximum Gasteiger partial charge on any atom is 0.328 e. The highest BCUT2D eigenvalue weighted by Crippen LogP contribution is 2.36. The standard InChI is InChI=1S/C13H13ClN2O2S/c1-18-13(17)9-4-2-3-8-7-15-12(16(8)9)10-5-6-11(14)19-10/h5-7,9H,2-4H2,1H3. The third-order valence-electron chi connectivity index (χ3n) is 3.36. The van der Waals surface area contributed by atoms with Crippen molar-refractivity contribution in [3.8, 4) is 10.7 Å². The van der Waals surface area contributed by atoms with Crippen LogP contribution in [0.25, 0.3) is 10.7 Å². The van der Waals surface area contributed by atoms with Gasteiger partial charge in [-0.05, 0) is 31.4 Å². The number of ether oxygens (including phenoxy) is 1. The molecule has 0 fully saturated rings. The number of aromatic nitrogens is 2. The van der Waals surface area contributed by atoms with Crippen molar-refractivity contribution in [2.45, 2.75) is 25.3 Å². The Bertz CT molecular complexity index is 620. The SMILES string of the molecule is COC(=O)C1CCCc2cnc(-c3ccc(Cl)s3)n21. The second kappa shape index (κ2) is 4.98. The molecule has 100 valence electrons. The lowest BCUT2D eigenvalue weighted by molar-refractivity contribution is -0.145. The minimum absolute atomic E-state index is 0.206. The first kappa shape index (κ1) is 12.7. The van der Waals surface area contributed by atoms with Crippen molar-refractivity contribution in [3.63, 3.8) is 0 Å². The van der Waals surface area contributed by atoms with E-state index in [9.17, 15) is 4.79 Å². The van der Waals surface area contributed by atoms with Gasteiger partial charge in [-0.15, -0.1) is 11.3 Å². The van der Waals surface area contributed by atoms with Gasteiger partial charge in [-0.2, -0.15) is 0 Å². The van der Waals surface area contributed by atoms with Crippen LogP contribution in [-0.4, -0.2) is 22.6 Å². The van der Waals surface area contributed by atoms with Crippen molar-refractivity contribution >= 4 is 28.9 Å². The summed E-state index contributed by atoms with van der Waals surface area (Å²) in [6.07, 6.45) is 4.57. The first-order chi connectivity index (χ1) is 9.20. The van der Waals surface area contributed by atoms with Gasteiger partial charge < -0.3 is 9.30 Å². The lowest BCUT2D eigenvalue weighted by Crippen LogP contribution is -2.26. The number of methoxy groups -OCH3 is 1. The van der Waals surface area contributed by atoms with Crippen LogP contribution in [0.3, 0.4) is 0 Å². The maximum atomic E-state index is 11.9. The Labute approximate surface area is 120 Å². The maximum absolute atomic E-state index is 11.9. The zero-order valence-corrected chi connectivity index (χ0v) is 12.0. The molecule has 6 heteroatoms. The van der Waals surface area contributed by atoms with Crippen molar-refractivity contribution in [3.05, 3.63) is 28.4 Å². The molecule has 0 spiro atoms. The van der Waals surface area contributed by atoms with Crippen LogP contribution in [0, 0.1) is 0 Å². The number of hydrogen-bond acceptors (Lipinski definition) is 4. The summed E-state index contributed by atoms with van der Waals surface area (Å²) in [7, 11) is 1.43. The molecule has 1 aliphatic heterocycles. The lowest BCUT2D eigenvalue weighted by Gasteiger charge is -2.24. The van der Waals surface area contributed by atoms with E-state index in [1.807, 2.05) is 22.9 Å². The van der Waals surface area contributed by atoms with Crippen LogP contribution >= 0.6 is 22.9 Å². The topological polar surface area (TPSA) is 44.1 Å². The Balaban J connectivity index is 2.09. The molecule has 4 nitrogen and oxygen atoms in total. The molecular weight excluding hydrogens is 284 g/mol. The molecule has 0 N–H and O–H groups in total. The second-order valence-corrected chi connectivity index (χ2v) is 6.19. The van der Waals surface area contributed by atoms with E-state index in [4.69, 9.17) is 16.3 Å². The van der Waals surface area contributed by atoms with Crippen LogP contribution in [0.4, 0.5) is 0 Å². The zero-order chi connectivity index (χ0) is 13.4. The highest BCUT2D eigenvalue weighted by Gasteiger charge is 2.30. The number of aryl methyl sites for hydroxylation is 1. The number of hydrogen-bond donors (Lipinski definition) is 0. The molecular formula is C13H13ClN2O2S. The minimum atomic E-state index is -0.271. The molecule has 0 aromatic carbocycles. The molecule has 19 heavy (non-hydrogen) atoms. The Hall–Kier alpha value is -1.33. The Morgan fingerprint density at radius 3 is 3.11 bits per heavy atom. The van der Waals surface area contributed by atoms with Gasteiger partial charge in [-0.1, -0.05) is 11.6 Å². The average molecular weight is 297 g/mol. The van der Waals surface area contributed by atoms with E-state index >= 15 is 0 Å². The molecule has 0 saturated carbocycles. The van der Waals surface area contributed by atoms with Crippen LogP contribution < -0.4 is 0 Å². The molecule has 1 atom stereocenters. The van der Waals surface area contributed by atoms with E-state index < -0.39 is 0 Å². The molecule has 0 aliphatic carbocycles. The highest BCUT2D eigenvalue weighted by atomic mass is 35.5. The van der Waals surface area contributed by atoms with Crippen LogP contribution in [0.5, 0.6) is 0 Å². The van der Waals surface area contributed by atoms with Crippen molar-refractivity contribution in [1.82, 2.24) is 9.55 Å². The van der Waals surface area contributed by atoms with Gasteiger partial charge in [0.25, 0.3) is 0 Å². The van der Waals surface area contributed by atoms with E-state index in [2.05, 4.69) is 4.98 Å². The molecule has 3 heterocycles. The average Bonchev–Trinajstić information content (AvgIpc) is 3.03. The van der Waals surface area contributed by atoms with Gasteiger partial charge >= 0.3 is 5.97 Å². The van der Waals surface area contributed by atoms with Gasteiger partial charge in [0.2, 0.25) is 0 Å². The van der Waals surface area contributed by atoms with E-state index in [0.717, 1.165) is 40.0 Å². The molecule has 1 unspecified atom stereocenters. The van der Waals surface area contributed by atoms with Crippen LogP contribution in [0.1, 0.15) is 24.6 Å². The van der Waals surface area contributed by atoms with E-state index in [1.54, 1.807) is 0 Å². The third kappa shape index (κ3) is 2.17. The van der Waals surface area contributed by atoms with Gasteiger partial charge in [0, 0.05) is 11.9 Å². The number of imidazole rings is 1. The van der Waals surface area contributed by atoms with Gasteiger partial charge in [-0.25, -0.2) is 9.78 Å². The number of carbonyl (C=O) groups is 1. The Morgan fingerprint density at radius 2 is 2.42 bits per heavy atom. The molecule has 0 radical (unpaired) electrons. The number of thiophene rings is 1. The quantitative estimate of drug-likeness (QED) is 0.799. The highest BCUT2D eigenvalue weighted by molar-refractivity contribution is 7.19. The van der Waals surface area contributed by atoms with Gasteiger partial charge in [0.15, 0.2) is 5.82 Å². The predicted molar refractivity (Wildman–Crippen MR) is 74.5 cm³/mol. The Kier molecular flexibility index (Phi) is 3.33. The second-order valence-electron chi connectivity index (χ2n) is 4.48. The predicted octanol–water partition coefficient (Wildman–Crippen LogP) is 3.32. The number of nitrogens with zero attached hydrogens (tertiary/aromatic N) is 2. The fraction of sp³-hybridized carbons (Fsp3) is 0.385. The largest absolute Gasteiger partial charge is 0.467 e. The summed E-state index contributed by atoms with van der Waals surface area (Å²) < 4.78 is 7.62. The molecule has 1 aliphatic rings. The van der Waals surface area contributed by atoms with E-state index in [1.165, 1.54) is 18.4 Å².